The molecule has 2 heteroatoms. The molecule has 0 atom stereocenters. The topological polar surface area (TPSA) is 8.17 Å². The normalized spacial score (nSPS) is 12.7. The molecule has 2 nitrogen and oxygen atoms in total. The Morgan fingerprint density at radius 1 is 0.452 bits per heavy atom. The number of nitrogens with zero attached hydrogens (tertiary/aromatic N) is 2. The maximum Gasteiger partial charge on any atom is 0.107 e. The quantitative estimate of drug-likeness (QED) is 0.115. The van der Waals surface area contributed by atoms with Gasteiger partial charge in [0.05, 0.1) is 11.0 Å². The van der Waals surface area contributed by atoms with Gasteiger partial charge in [-0.3, -0.25) is 0 Å². The molecule has 294 valence electrons. The standard InChI is InChI=1S/C60H44N2/c1-59(2)55-42-43(32-37-51(55)53-38-39-54-52-30-18-19-31-56(52)62(58(54)57(53)59)49-28-16-7-17-29-49)40-41-60(44-20-8-3-9-21-44,45-22-10-4-11-23-45)46-33-35-50(36-34-46)61(47-24-12-5-13-25-47)48-26-14-6-15-27-48/h3-39,42H,1-2H3. The van der Waals surface area contributed by atoms with E-state index in [-0.39, 0.29) is 5.41 Å². The van der Waals surface area contributed by atoms with Crippen molar-refractivity contribution in [3.63, 3.8) is 0 Å². The lowest BCUT2D eigenvalue weighted by atomic mass is 9.69. The number of rotatable bonds is 7. The van der Waals surface area contributed by atoms with E-state index >= 15 is 0 Å². The highest BCUT2D eigenvalue weighted by atomic mass is 15.1. The summed E-state index contributed by atoms with van der Waals surface area (Å²) < 4.78 is 2.47. The first-order chi connectivity index (χ1) is 30.5. The van der Waals surface area contributed by atoms with Gasteiger partial charge in [-0.25, -0.2) is 0 Å². The van der Waals surface area contributed by atoms with Gasteiger partial charge in [0.25, 0.3) is 0 Å². The minimum absolute atomic E-state index is 0.280. The van der Waals surface area contributed by atoms with E-state index in [4.69, 9.17) is 0 Å². The van der Waals surface area contributed by atoms with Gasteiger partial charge in [0.15, 0.2) is 0 Å². The van der Waals surface area contributed by atoms with Crippen molar-refractivity contribution in [2.24, 2.45) is 0 Å². The molecule has 0 saturated heterocycles. The molecular formula is C60H44N2. The molecule has 1 aromatic heterocycles. The fourth-order valence-electron chi connectivity index (χ4n) is 9.99. The van der Waals surface area contributed by atoms with Gasteiger partial charge in [-0.05, 0) is 106 Å². The Kier molecular flexibility index (Phi) is 8.99. The van der Waals surface area contributed by atoms with Crippen LogP contribution in [0.4, 0.5) is 17.1 Å². The van der Waals surface area contributed by atoms with E-state index in [2.05, 4.69) is 266 Å². The molecule has 0 radical (unpaired) electrons. The fourth-order valence-corrected chi connectivity index (χ4v) is 9.99. The Morgan fingerprint density at radius 2 is 0.952 bits per heavy atom. The summed E-state index contributed by atoms with van der Waals surface area (Å²) in [7, 11) is 0. The second-order valence-corrected chi connectivity index (χ2v) is 16.7. The largest absolute Gasteiger partial charge is 0.311 e. The van der Waals surface area contributed by atoms with Gasteiger partial charge in [0, 0.05) is 44.5 Å². The van der Waals surface area contributed by atoms with E-state index in [0.29, 0.717) is 0 Å². The zero-order valence-corrected chi connectivity index (χ0v) is 34.8. The van der Waals surface area contributed by atoms with Crippen LogP contribution in [0.5, 0.6) is 0 Å². The average Bonchev–Trinajstić information content (AvgIpc) is 3.79. The van der Waals surface area contributed by atoms with Crippen LogP contribution in [0, 0.1) is 11.8 Å². The van der Waals surface area contributed by atoms with E-state index in [1.54, 1.807) is 0 Å². The van der Waals surface area contributed by atoms with E-state index in [1.165, 1.54) is 49.7 Å². The Morgan fingerprint density at radius 3 is 1.56 bits per heavy atom. The maximum absolute atomic E-state index is 3.96. The summed E-state index contributed by atoms with van der Waals surface area (Å²) in [5.74, 6) is 7.76. The van der Waals surface area contributed by atoms with Crippen LogP contribution < -0.4 is 4.90 Å². The summed E-state index contributed by atoms with van der Waals surface area (Å²) in [4.78, 5) is 2.31. The molecule has 10 aromatic rings. The van der Waals surface area contributed by atoms with Crippen molar-refractivity contribution in [1.82, 2.24) is 4.57 Å². The maximum atomic E-state index is 3.96. The highest BCUT2D eigenvalue weighted by molar-refractivity contribution is 6.13. The van der Waals surface area contributed by atoms with E-state index in [0.717, 1.165) is 39.3 Å². The lowest BCUT2D eigenvalue weighted by Gasteiger charge is -2.32. The van der Waals surface area contributed by atoms with Crippen LogP contribution in [0.2, 0.25) is 0 Å². The summed E-state index contributed by atoms with van der Waals surface area (Å²) in [6.45, 7) is 4.77. The summed E-state index contributed by atoms with van der Waals surface area (Å²) in [6, 6.07) is 82.8. The van der Waals surface area contributed by atoms with E-state index in [9.17, 15) is 0 Å². The van der Waals surface area contributed by atoms with Crippen LogP contribution in [0.15, 0.2) is 231 Å². The zero-order chi connectivity index (χ0) is 41.7. The molecule has 1 heterocycles. The first-order valence-corrected chi connectivity index (χ1v) is 21.4. The first-order valence-electron chi connectivity index (χ1n) is 21.4. The summed E-state index contributed by atoms with van der Waals surface area (Å²) in [5.41, 5.74) is 15.5. The van der Waals surface area contributed by atoms with Crippen molar-refractivity contribution in [3.05, 3.63) is 264 Å². The molecule has 0 spiro atoms. The molecule has 0 saturated carbocycles. The Balaban J connectivity index is 1.07. The predicted octanol–water partition coefficient (Wildman–Crippen LogP) is 14.9. The van der Waals surface area contributed by atoms with Crippen molar-refractivity contribution < 1.29 is 0 Å². The highest BCUT2D eigenvalue weighted by Crippen LogP contribution is 2.53. The highest BCUT2D eigenvalue weighted by Gasteiger charge is 2.39. The molecule has 0 bridgehead atoms. The van der Waals surface area contributed by atoms with Crippen LogP contribution in [-0.2, 0) is 10.8 Å². The second kappa shape index (κ2) is 15.0. The Hall–Kier alpha value is -7.86. The summed E-state index contributed by atoms with van der Waals surface area (Å²) in [6.07, 6.45) is 0. The predicted molar refractivity (Wildman–Crippen MR) is 259 cm³/mol. The first kappa shape index (κ1) is 37.2. The monoisotopic (exact) mass is 792 g/mol. The molecule has 0 amide bonds. The van der Waals surface area contributed by atoms with Gasteiger partial charge in [0.1, 0.15) is 5.41 Å². The molecule has 1 aliphatic rings. The number of para-hydroxylation sites is 4. The molecule has 0 fully saturated rings. The van der Waals surface area contributed by atoms with Gasteiger partial charge in [-0.1, -0.05) is 189 Å². The Labute approximate surface area is 364 Å². The number of hydrogen-bond acceptors (Lipinski definition) is 1. The molecule has 11 rings (SSSR count). The molecule has 1 aliphatic carbocycles. The molecule has 0 N–H and O–H groups in total. The van der Waals surface area contributed by atoms with Crippen LogP contribution in [0.1, 0.15) is 47.2 Å². The molecular weight excluding hydrogens is 749 g/mol. The van der Waals surface area contributed by atoms with Crippen LogP contribution in [0.25, 0.3) is 38.6 Å². The molecule has 9 aromatic carbocycles. The molecule has 0 aliphatic heterocycles. The van der Waals surface area contributed by atoms with Crippen molar-refractivity contribution in [3.8, 4) is 28.7 Å². The number of anilines is 3. The zero-order valence-electron chi connectivity index (χ0n) is 34.8. The lowest BCUT2D eigenvalue weighted by Crippen LogP contribution is -2.28. The average molecular weight is 793 g/mol. The van der Waals surface area contributed by atoms with Gasteiger partial charge in [0.2, 0.25) is 0 Å². The van der Waals surface area contributed by atoms with Crippen molar-refractivity contribution in [2.75, 3.05) is 4.90 Å². The summed E-state index contributed by atoms with van der Waals surface area (Å²) in [5, 5.41) is 2.55. The van der Waals surface area contributed by atoms with Crippen LogP contribution in [-0.4, -0.2) is 4.57 Å². The van der Waals surface area contributed by atoms with Crippen molar-refractivity contribution >= 4 is 38.9 Å². The number of aromatic nitrogens is 1. The SMILES string of the molecule is CC1(C)c2cc(C#CC(c3ccccc3)(c3ccccc3)c3ccc(N(c4ccccc4)c4ccccc4)cc3)ccc2-c2ccc3c4ccccc4n(-c4ccccc4)c3c21. The van der Waals surface area contributed by atoms with E-state index in [1.807, 2.05) is 0 Å². The number of fused-ring (bicyclic) bond motifs is 7. The smallest absolute Gasteiger partial charge is 0.107 e. The number of hydrogen-bond donors (Lipinski definition) is 0. The minimum atomic E-state index is -0.758. The third kappa shape index (κ3) is 5.97. The third-order valence-electron chi connectivity index (χ3n) is 12.9. The van der Waals surface area contributed by atoms with Gasteiger partial charge >= 0.3 is 0 Å². The number of benzene rings is 9. The van der Waals surface area contributed by atoms with Gasteiger partial charge in [-0.15, -0.1) is 0 Å². The second-order valence-electron chi connectivity index (χ2n) is 16.7. The third-order valence-corrected chi connectivity index (χ3v) is 12.9. The molecule has 0 unspecified atom stereocenters. The minimum Gasteiger partial charge on any atom is -0.311 e. The van der Waals surface area contributed by atoms with Crippen LogP contribution in [0.3, 0.4) is 0 Å². The Bertz CT molecular complexity index is 3200. The van der Waals surface area contributed by atoms with Crippen LogP contribution >= 0.6 is 0 Å². The van der Waals surface area contributed by atoms with Gasteiger partial charge in [-0.2, -0.15) is 0 Å². The fraction of sp³-hybridized carbons (Fsp3) is 0.0667. The van der Waals surface area contributed by atoms with Gasteiger partial charge < -0.3 is 9.47 Å². The van der Waals surface area contributed by atoms with E-state index < -0.39 is 5.41 Å². The van der Waals surface area contributed by atoms with Crippen molar-refractivity contribution in [1.29, 1.82) is 0 Å². The summed E-state index contributed by atoms with van der Waals surface area (Å²) >= 11 is 0. The molecule has 62 heavy (non-hydrogen) atoms. The lowest BCUT2D eigenvalue weighted by molar-refractivity contribution is 0.663. The van der Waals surface area contributed by atoms with Crippen molar-refractivity contribution in [2.45, 2.75) is 24.7 Å².